The number of amides is 2. The molecule has 3 aliphatic rings. The normalized spacial score (nSPS) is 24.8. The summed E-state index contributed by atoms with van der Waals surface area (Å²) in [6.07, 6.45) is 4.17. The van der Waals surface area contributed by atoms with E-state index < -0.39 is 6.10 Å². The predicted octanol–water partition coefficient (Wildman–Crippen LogP) is 3.07. The van der Waals surface area contributed by atoms with Gasteiger partial charge in [-0.15, -0.1) is 0 Å². The maximum Gasteiger partial charge on any atom is 0.268 e. The number of fused-ring (bicyclic) bond motifs is 1. The molecule has 0 aromatic heterocycles. The molecule has 0 radical (unpaired) electrons. The highest BCUT2D eigenvalue weighted by molar-refractivity contribution is 6.02. The lowest BCUT2D eigenvalue weighted by molar-refractivity contribution is -0.125. The Kier molecular flexibility index (Phi) is 5.83. The molecule has 1 saturated carbocycles. The van der Waals surface area contributed by atoms with E-state index in [4.69, 9.17) is 14.3 Å². The van der Waals surface area contributed by atoms with Gasteiger partial charge < -0.3 is 24.5 Å². The first kappa shape index (κ1) is 20.5. The SMILES string of the molecule is CCC1=NOC(C(=O)Nc2cc(C(=O)N3C[C@H]4CCC[C@H]4C3)cc(OC)c2OC)C1. The van der Waals surface area contributed by atoms with Crippen LogP contribution in [0.25, 0.3) is 0 Å². The molecule has 2 heterocycles. The second kappa shape index (κ2) is 8.53. The number of methoxy groups -OCH3 is 2. The van der Waals surface area contributed by atoms with Crippen LogP contribution in [0, 0.1) is 11.8 Å². The molecule has 2 aliphatic heterocycles. The van der Waals surface area contributed by atoms with E-state index in [0.717, 1.165) is 25.2 Å². The zero-order valence-electron chi connectivity index (χ0n) is 17.8. The van der Waals surface area contributed by atoms with Crippen molar-refractivity contribution in [3.8, 4) is 11.5 Å². The average molecular weight is 415 g/mol. The average Bonchev–Trinajstić information content (AvgIpc) is 3.48. The van der Waals surface area contributed by atoms with Gasteiger partial charge in [0, 0.05) is 25.1 Å². The molecule has 3 atom stereocenters. The maximum atomic E-state index is 13.2. The van der Waals surface area contributed by atoms with Crippen LogP contribution in [0.1, 0.15) is 49.4 Å². The van der Waals surface area contributed by atoms with Gasteiger partial charge in [-0.05, 0) is 43.2 Å². The van der Waals surface area contributed by atoms with Crippen molar-refractivity contribution in [1.29, 1.82) is 0 Å². The molecule has 1 aliphatic carbocycles. The number of anilines is 1. The number of benzene rings is 1. The summed E-state index contributed by atoms with van der Waals surface area (Å²) in [6, 6.07) is 3.33. The molecule has 0 spiro atoms. The van der Waals surface area contributed by atoms with Crippen LogP contribution < -0.4 is 14.8 Å². The van der Waals surface area contributed by atoms with Gasteiger partial charge >= 0.3 is 0 Å². The summed E-state index contributed by atoms with van der Waals surface area (Å²) in [4.78, 5) is 33.1. The lowest BCUT2D eigenvalue weighted by Crippen LogP contribution is -2.30. The lowest BCUT2D eigenvalue weighted by Gasteiger charge is -2.20. The number of hydrogen-bond acceptors (Lipinski definition) is 6. The van der Waals surface area contributed by atoms with Crippen molar-refractivity contribution in [3.63, 3.8) is 0 Å². The van der Waals surface area contributed by atoms with E-state index in [9.17, 15) is 9.59 Å². The quantitative estimate of drug-likeness (QED) is 0.771. The summed E-state index contributed by atoms with van der Waals surface area (Å²) in [5.41, 5.74) is 1.71. The lowest BCUT2D eigenvalue weighted by atomic mass is 10.0. The van der Waals surface area contributed by atoms with Crippen LogP contribution in [-0.4, -0.2) is 55.8 Å². The minimum atomic E-state index is -0.687. The van der Waals surface area contributed by atoms with Crippen molar-refractivity contribution in [2.75, 3.05) is 32.6 Å². The topological polar surface area (TPSA) is 89.5 Å². The third-order valence-electron chi connectivity index (χ3n) is 6.43. The Morgan fingerprint density at radius 1 is 1.20 bits per heavy atom. The smallest absolute Gasteiger partial charge is 0.268 e. The molecule has 2 fully saturated rings. The maximum absolute atomic E-state index is 13.2. The molecule has 8 nitrogen and oxygen atoms in total. The zero-order valence-corrected chi connectivity index (χ0v) is 17.8. The van der Waals surface area contributed by atoms with Gasteiger partial charge in [-0.3, -0.25) is 9.59 Å². The van der Waals surface area contributed by atoms with E-state index in [0.29, 0.717) is 41.0 Å². The van der Waals surface area contributed by atoms with Gasteiger partial charge in [0.25, 0.3) is 11.8 Å². The first-order valence-electron chi connectivity index (χ1n) is 10.6. The number of oxime groups is 1. The summed E-state index contributed by atoms with van der Waals surface area (Å²) in [5.74, 6) is 1.62. The van der Waals surface area contributed by atoms with Gasteiger partial charge in [-0.2, -0.15) is 0 Å². The van der Waals surface area contributed by atoms with Gasteiger partial charge in [0.2, 0.25) is 6.10 Å². The Balaban J connectivity index is 1.55. The number of carbonyl (C=O) groups excluding carboxylic acids is 2. The van der Waals surface area contributed by atoms with E-state index in [1.807, 2.05) is 11.8 Å². The minimum absolute atomic E-state index is 0.0467. The number of hydrogen-bond donors (Lipinski definition) is 1. The summed E-state index contributed by atoms with van der Waals surface area (Å²) < 4.78 is 10.9. The molecule has 1 N–H and O–H groups in total. The van der Waals surface area contributed by atoms with Gasteiger partial charge in [-0.25, -0.2) is 0 Å². The van der Waals surface area contributed by atoms with Crippen LogP contribution >= 0.6 is 0 Å². The predicted molar refractivity (Wildman–Crippen MR) is 112 cm³/mol. The van der Waals surface area contributed by atoms with E-state index >= 15 is 0 Å². The van der Waals surface area contributed by atoms with Crippen molar-refractivity contribution in [1.82, 2.24) is 4.90 Å². The van der Waals surface area contributed by atoms with E-state index in [1.54, 1.807) is 12.1 Å². The first-order valence-corrected chi connectivity index (χ1v) is 10.6. The first-order chi connectivity index (χ1) is 14.5. The Labute approximate surface area is 176 Å². The van der Waals surface area contributed by atoms with Crippen LogP contribution in [0.3, 0.4) is 0 Å². The largest absolute Gasteiger partial charge is 0.493 e. The molecule has 1 unspecified atom stereocenters. The molecule has 1 aromatic carbocycles. The molecule has 30 heavy (non-hydrogen) atoms. The number of nitrogens with zero attached hydrogens (tertiary/aromatic N) is 2. The van der Waals surface area contributed by atoms with Gasteiger partial charge in [0.15, 0.2) is 11.5 Å². The van der Waals surface area contributed by atoms with Crippen molar-refractivity contribution >= 4 is 23.2 Å². The number of likely N-dealkylation sites (tertiary alicyclic amines) is 1. The molecule has 1 aromatic rings. The molecule has 1 saturated heterocycles. The molecule has 0 bridgehead atoms. The summed E-state index contributed by atoms with van der Waals surface area (Å²) in [7, 11) is 3.01. The van der Waals surface area contributed by atoms with Crippen molar-refractivity contribution < 1.29 is 23.9 Å². The van der Waals surface area contributed by atoms with Crippen LogP contribution in [0.5, 0.6) is 11.5 Å². The van der Waals surface area contributed by atoms with Crippen LogP contribution in [0.15, 0.2) is 17.3 Å². The van der Waals surface area contributed by atoms with E-state index in [1.165, 1.54) is 33.5 Å². The van der Waals surface area contributed by atoms with Crippen molar-refractivity contribution in [2.24, 2.45) is 17.0 Å². The molecule has 4 rings (SSSR count). The third kappa shape index (κ3) is 3.82. The molecule has 162 valence electrons. The van der Waals surface area contributed by atoms with Gasteiger partial charge in [0.1, 0.15) is 0 Å². The highest BCUT2D eigenvalue weighted by Crippen LogP contribution is 2.40. The molecular formula is C22H29N3O5. The minimum Gasteiger partial charge on any atom is -0.493 e. The fourth-order valence-corrected chi connectivity index (χ4v) is 4.75. The Morgan fingerprint density at radius 3 is 2.53 bits per heavy atom. The van der Waals surface area contributed by atoms with Gasteiger partial charge in [0.05, 0.1) is 25.6 Å². The fraction of sp³-hybridized carbons (Fsp3) is 0.591. The van der Waals surface area contributed by atoms with Gasteiger partial charge in [-0.1, -0.05) is 18.5 Å². The fourth-order valence-electron chi connectivity index (χ4n) is 4.75. The van der Waals surface area contributed by atoms with Crippen molar-refractivity contribution in [3.05, 3.63) is 17.7 Å². The standard InChI is InChI=1S/C22H29N3O5/c1-4-16-10-19(30-24-16)21(26)23-17-8-15(9-18(28-2)20(17)29-3)22(27)25-11-13-6-5-7-14(13)12-25/h8-9,13-14,19H,4-7,10-12H2,1-3H3,(H,23,26)/t13-,14+,19?. The summed E-state index contributed by atoms with van der Waals surface area (Å²) in [5, 5.41) is 6.78. The highest BCUT2D eigenvalue weighted by atomic mass is 16.6. The second-order valence-electron chi connectivity index (χ2n) is 8.22. The number of ether oxygens (including phenoxy) is 2. The molecular weight excluding hydrogens is 386 g/mol. The van der Waals surface area contributed by atoms with Crippen molar-refractivity contribution in [2.45, 2.75) is 45.1 Å². The van der Waals surface area contributed by atoms with Crippen LogP contribution in [0.2, 0.25) is 0 Å². The third-order valence-corrected chi connectivity index (χ3v) is 6.43. The number of carbonyl (C=O) groups is 2. The van der Waals surface area contributed by atoms with Crippen LogP contribution in [-0.2, 0) is 9.63 Å². The zero-order chi connectivity index (χ0) is 21.3. The van der Waals surface area contributed by atoms with Crippen LogP contribution in [0.4, 0.5) is 5.69 Å². The number of nitrogens with one attached hydrogen (secondary N) is 1. The highest BCUT2D eigenvalue weighted by Gasteiger charge is 2.38. The number of rotatable bonds is 6. The Bertz CT molecular complexity index is 857. The van der Waals surface area contributed by atoms with E-state index in [2.05, 4.69) is 10.5 Å². The molecule has 2 amide bonds. The Hall–Kier alpha value is -2.77. The Morgan fingerprint density at radius 2 is 1.93 bits per heavy atom. The summed E-state index contributed by atoms with van der Waals surface area (Å²) in [6.45, 7) is 3.57. The monoisotopic (exact) mass is 415 g/mol. The van der Waals surface area contributed by atoms with E-state index in [-0.39, 0.29) is 11.8 Å². The molecule has 8 heteroatoms. The summed E-state index contributed by atoms with van der Waals surface area (Å²) >= 11 is 0. The second-order valence-corrected chi connectivity index (χ2v) is 8.22.